The summed E-state index contributed by atoms with van der Waals surface area (Å²) in [6, 6.07) is 16.2. The van der Waals surface area contributed by atoms with Gasteiger partial charge in [-0.15, -0.1) is 0 Å². The maximum Gasteiger partial charge on any atom is 0.191 e. The Hall–Kier alpha value is -3.32. The molecule has 2 N–H and O–H groups in total. The number of aliphatic imine (C=N–C) groups is 1. The molecule has 7 heteroatoms. The van der Waals surface area contributed by atoms with Gasteiger partial charge in [0.1, 0.15) is 12.4 Å². The van der Waals surface area contributed by atoms with Gasteiger partial charge in [-0.05, 0) is 30.7 Å². The molecule has 0 aliphatic rings. The quantitative estimate of drug-likeness (QED) is 0.324. The van der Waals surface area contributed by atoms with Crippen molar-refractivity contribution in [1.82, 2.24) is 20.4 Å². The smallest absolute Gasteiger partial charge is 0.191 e. The van der Waals surface area contributed by atoms with Gasteiger partial charge in [-0.1, -0.05) is 30.3 Å². The second-order valence-corrected chi connectivity index (χ2v) is 6.86. The zero-order valence-electron chi connectivity index (χ0n) is 17.8. The van der Waals surface area contributed by atoms with E-state index in [9.17, 15) is 0 Å². The minimum Gasteiger partial charge on any atom is -0.491 e. The van der Waals surface area contributed by atoms with Crippen molar-refractivity contribution in [2.45, 2.75) is 20.0 Å². The standard InChI is InChI=1S/C23H29N5O2/c1-18-9-10-20(22(13-18)30-12-11-29-3)16-26-23(24-2)25-14-19-15-27-28(17-19)21-7-5-4-6-8-21/h4-10,13,15,17H,11-12,14,16H2,1-3H3,(H2,24,25,26). The molecule has 0 saturated heterocycles. The number of nitrogens with one attached hydrogen (secondary N) is 2. The Morgan fingerprint density at radius 1 is 1.07 bits per heavy atom. The SMILES string of the molecule is CN=C(NCc1cnn(-c2ccccc2)c1)NCc1ccc(C)cc1OCCOC. The number of benzene rings is 2. The summed E-state index contributed by atoms with van der Waals surface area (Å²) in [5.41, 5.74) is 4.33. The first-order valence-corrected chi connectivity index (χ1v) is 9.94. The fourth-order valence-corrected chi connectivity index (χ4v) is 2.94. The van der Waals surface area contributed by atoms with Gasteiger partial charge in [-0.2, -0.15) is 5.10 Å². The molecule has 0 atom stereocenters. The van der Waals surface area contributed by atoms with Gasteiger partial charge in [0.25, 0.3) is 0 Å². The molecule has 0 aliphatic heterocycles. The maximum atomic E-state index is 5.86. The number of aryl methyl sites for hydroxylation is 1. The molecule has 1 aromatic heterocycles. The topological polar surface area (TPSA) is 72.7 Å². The van der Waals surface area contributed by atoms with Crippen LogP contribution in [0.1, 0.15) is 16.7 Å². The highest BCUT2D eigenvalue weighted by atomic mass is 16.5. The van der Waals surface area contributed by atoms with Gasteiger partial charge < -0.3 is 20.1 Å². The zero-order valence-corrected chi connectivity index (χ0v) is 17.8. The molecule has 0 aliphatic carbocycles. The van der Waals surface area contributed by atoms with Gasteiger partial charge in [0, 0.05) is 44.6 Å². The van der Waals surface area contributed by atoms with E-state index < -0.39 is 0 Å². The van der Waals surface area contributed by atoms with Gasteiger partial charge in [-0.3, -0.25) is 4.99 Å². The van der Waals surface area contributed by atoms with E-state index >= 15 is 0 Å². The summed E-state index contributed by atoms with van der Waals surface area (Å²) < 4.78 is 12.8. The predicted octanol–water partition coefficient (Wildman–Crippen LogP) is 3.07. The first kappa shape index (κ1) is 21.4. The summed E-state index contributed by atoms with van der Waals surface area (Å²) in [4.78, 5) is 4.31. The van der Waals surface area contributed by atoms with Crippen molar-refractivity contribution >= 4 is 5.96 Å². The molecule has 0 radical (unpaired) electrons. The van der Waals surface area contributed by atoms with Crippen molar-refractivity contribution < 1.29 is 9.47 Å². The second-order valence-electron chi connectivity index (χ2n) is 6.86. The molecule has 0 bridgehead atoms. The van der Waals surface area contributed by atoms with Gasteiger partial charge in [-0.25, -0.2) is 4.68 Å². The van der Waals surface area contributed by atoms with E-state index in [1.165, 1.54) is 0 Å². The van der Waals surface area contributed by atoms with Gasteiger partial charge in [0.05, 0.1) is 18.5 Å². The number of methoxy groups -OCH3 is 1. The van der Waals surface area contributed by atoms with Crippen molar-refractivity contribution in [3.05, 3.63) is 77.6 Å². The van der Waals surface area contributed by atoms with Gasteiger partial charge >= 0.3 is 0 Å². The molecule has 0 unspecified atom stereocenters. The third-order valence-electron chi connectivity index (χ3n) is 4.55. The molecular weight excluding hydrogens is 378 g/mol. The zero-order chi connectivity index (χ0) is 21.2. The fourth-order valence-electron chi connectivity index (χ4n) is 2.94. The molecule has 0 spiro atoms. The molecule has 3 rings (SSSR count). The summed E-state index contributed by atoms with van der Waals surface area (Å²) in [6.07, 6.45) is 3.87. The Morgan fingerprint density at radius 3 is 2.63 bits per heavy atom. The molecule has 3 aromatic rings. The number of para-hydroxylation sites is 1. The molecule has 2 aromatic carbocycles. The third-order valence-corrected chi connectivity index (χ3v) is 4.55. The highest BCUT2D eigenvalue weighted by Crippen LogP contribution is 2.20. The van der Waals surface area contributed by atoms with Crippen molar-refractivity contribution in [2.75, 3.05) is 27.4 Å². The average molecular weight is 408 g/mol. The highest BCUT2D eigenvalue weighted by Gasteiger charge is 2.07. The third kappa shape index (κ3) is 6.09. The second kappa shape index (κ2) is 11.0. The number of guanidine groups is 1. The number of rotatable bonds is 9. The maximum absolute atomic E-state index is 5.86. The first-order valence-electron chi connectivity index (χ1n) is 9.94. The van der Waals surface area contributed by atoms with Crippen LogP contribution in [0.5, 0.6) is 5.75 Å². The van der Waals surface area contributed by atoms with E-state index in [4.69, 9.17) is 9.47 Å². The Labute approximate surface area is 177 Å². The summed E-state index contributed by atoms with van der Waals surface area (Å²) in [5, 5.41) is 11.1. The Balaban J connectivity index is 1.55. The number of hydrogen-bond acceptors (Lipinski definition) is 4. The van der Waals surface area contributed by atoms with Crippen LogP contribution in [0, 0.1) is 6.92 Å². The Kier molecular flexibility index (Phi) is 7.86. The van der Waals surface area contributed by atoms with Crippen molar-refractivity contribution in [2.24, 2.45) is 4.99 Å². The normalized spacial score (nSPS) is 11.4. The molecule has 7 nitrogen and oxygen atoms in total. The lowest BCUT2D eigenvalue weighted by atomic mass is 10.1. The van der Waals surface area contributed by atoms with Crippen LogP contribution in [0.3, 0.4) is 0 Å². The van der Waals surface area contributed by atoms with E-state index in [0.717, 1.165) is 28.1 Å². The van der Waals surface area contributed by atoms with Crippen molar-refractivity contribution in [1.29, 1.82) is 0 Å². The highest BCUT2D eigenvalue weighted by molar-refractivity contribution is 5.79. The molecule has 0 fully saturated rings. The van der Waals surface area contributed by atoms with Crippen LogP contribution < -0.4 is 15.4 Å². The summed E-state index contributed by atoms with van der Waals surface area (Å²) in [6.45, 7) is 4.35. The first-order chi connectivity index (χ1) is 14.7. The van der Waals surface area contributed by atoms with Crippen LogP contribution in [0.4, 0.5) is 0 Å². The number of aromatic nitrogens is 2. The number of ether oxygens (including phenoxy) is 2. The lowest BCUT2D eigenvalue weighted by Crippen LogP contribution is -2.36. The summed E-state index contributed by atoms with van der Waals surface area (Å²) >= 11 is 0. The molecule has 1 heterocycles. The van der Waals surface area contributed by atoms with Crippen molar-refractivity contribution in [3.8, 4) is 11.4 Å². The fraction of sp³-hybridized carbons (Fsp3) is 0.304. The van der Waals surface area contributed by atoms with E-state index in [1.54, 1.807) is 14.2 Å². The Morgan fingerprint density at radius 2 is 1.87 bits per heavy atom. The minimum absolute atomic E-state index is 0.519. The van der Waals surface area contributed by atoms with E-state index in [2.05, 4.69) is 39.8 Å². The number of hydrogen-bond donors (Lipinski definition) is 2. The Bertz CT molecular complexity index is 953. The van der Waals surface area contributed by atoms with Crippen LogP contribution in [-0.2, 0) is 17.8 Å². The van der Waals surface area contributed by atoms with Gasteiger partial charge in [0.2, 0.25) is 0 Å². The van der Waals surface area contributed by atoms with E-state index in [-0.39, 0.29) is 0 Å². The molecule has 158 valence electrons. The summed E-state index contributed by atoms with van der Waals surface area (Å²) in [5.74, 6) is 1.57. The van der Waals surface area contributed by atoms with Crippen LogP contribution >= 0.6 is 0 Å². The molecule has 30 heavy (non-hydrogen) atoms. The van der Waals surface area contributed by atoms with Crippen LogP contribution in [-0.4, -0.2) is 43.1 Å². The van der Waals surface area contributed by atoms with Crippen LogP contribution in [0.2, 0.25) is 0 Å². The average Bonchev–Trinajstić information content (AvgIpc) is 3.25. The lowest BCUT2D eigenvalue weighted by molar-refractivity contribution is 0.145. The van der Waals surface area contributed by atoms with Crippen molar-refractivity contribution in [3.63, 3.8) is 0 Å². The van der Waals surface area contributed by atoms with Gasteiger partial charge in [0.15, 0.2) is 5.96 Å². The molecular formula is C23H29N5O2. The van der Waals surface area contributed by atoms with Crippen LogP contribution in [0.15, 0.2) is 65.9 Å². The summed E-state index contributed by atoms with van der Waals surface area (Å²) in [7, 11) is 3.43. The number of nitrogens with zero attached hydrogens (tertiary/aromatic N) is 3. The van der Waals surface area contributed by atoms with E-state index in [1.807, 2.05) is 53.5 Å². The monoisotopic (exact) mass is 407 g/mol. The van der Waals surface area contributed by atoms with E-state index in [0.29, 0.717) is 32.3 Å². The van der Waals surface area contributed by atoms with Crippen LogP contribution in [0.25, 0.3) is 5.69 Å². The minimum atomic E-state index is 0.519. The largest absolute Gasteiger partial charge is 0.491 e. The molecule has 0 amide bonds. The predicted molar refractivity (Wildman–Crippen MR) is 119 cm³/mol. The lowest BCUT2D eigenvalue weighted by Gasteiger charge is -2.15. The molecule has 0 saturated carbocycles.